The van der Waals surface area contributed by atoms with E-state index in [0.29, 0.717) is 24.9 Å². The van der Waals surface area contributed by atoms with E-state index in [2.05, 4.69) is 32.1 Å². The number of hydrogen-bond acceptors (Lipinski definition) is 4. The average molecular weight is 536 g/mol. The van der Waals surface area contributed by atoms with Crippen molar-refractivity contribution in [1.29, 1.82) is 0 Å². The maximum absolute atomic E-state index is 12.1. The van der Waals surface area contributed by atoms with Crippen molar-refractivity contribution in [3.8, 4) is 5.75 Å². The third-order valence-electron chi connectivity index (χ3n) is 5.76. The van der Waals surface area contributed by atoms with Crippen molar-refractivity contribution in [2.45, 2.75) is 31.6 Å². The first-order valence-electron chi connectivity index (χ1n) is 10.1. The first-order chi connectivity index (χ1) is 13.5. The molecule has 2 fully saturated rings. The summed E-state index contributed by atoms with van der Waals surface area (Å²) >= 11 is 0. The number of nitrogens with zero attached hydrogens (tertiary/aromatic N) is 2. The topological polar surface area (TPSA) is 83.0 Å². The van der Waals surface area contributed by atoms with Crippen molar-refractivity contribution in [3.63, 3.8) is 0 Å². The summed E-state index contributed by atoms with van der Waals surface area (Å²) in [5, 5.41) is 3.21. The summed E-state index contributed by atoms with van der Waals surface area (Å²) in [4.78, 5) is 6.54. The lowest BCUT2D eigenvalue weighted by Crippen LogP contribution is -2.43. The summed E-state index contributed by atoms with van der Waals surface area (Å²) in [5.74, 6) is 2.66. The summed E-state index contributed by atoms with van der Waals surface area (Å²) in [5.41, 5.74) is 1.29. The molecule has 1 aromatic rings. The Morgan fingerprint density at radius 2 is 1.97 bits per heavy atom. The van der Waals surface area contributed by atoms with E-state index in [1.54, 1.807) is 14.2 Å². The summed E-state index contributed by atoms with van der Waals surface area (Å²) in [6, 6.07) is 8.21. The Morgan fingerprint density at radius 3 is 2.55 bits per heavy atom. The second-order valence-corrected chi connectivity index (χ2v) is 9.57. The first-order valence-corrected chi connectivity index (χ1v) is 11.7. The maximum atomic E-state index is 12.1. The molecule has 164 valence electrons. The lowest BCUT2D eigenvalue weighted by atomic mass is 9.86. The van der Waals surface area contributed by atoms with Gasteiger partial charge in [0, 0.05) is 39.1 Å². The van der Waals surface area contributed by atoms with Crippen molar-refractivity contribution in [2.24, 2.45) is 10.9 Å². The van der Waals surface area contributed by atoms with Gasteiger partial charge in [-0.2, -0.15) is 0 Å². The van der Waals surface area contributed by atoms with Crippen LogP contribution in [-0.2, 0) is 10.0 Å². The molecule has 2 aliphatic rings. The zero-order valence-corrected chi connectivity index (χ0v) is 20.4. The second kappa shape index (κ2) is 11.4. The van der Waals surface area contributed by atoms with Gasteiger partial charge in [0.05, 0.1) is 12.9 Å². The van der Waals surface area contributed by atoms with Gasteiger partial charge in [0.25, 0.3) is 0 Å². The highest BCUT2D eigenvalue weighted by Crippen LogP contribution is 2.28. The quantitative estimate of drug-likeness (QED) is 0.303. The van der Waals surface area contributed by atoms with E-state index in [4.69, 9.17) is 4.74 Å². The predicted octanol–water partition coefficient (Wildman–Crippen LogP) is 2.40. The number of guanidine groups is 1. The molecule has 2 N–H and O–H groups in total. The van der Waals surface area contributed by atoms with Gasteiger partial charge in [0.2, 0.25) is 10.0 Å². The minimum Gasteiger partial charge on any atom is -0.497 e. The highest BCUT2D eigenvalue weighted by atomic mass is 127. The Morgan fingerprint density at radius 1 is 1.24 bits per heavy atom. The van der Waals surface area contributed by atoms with Gasteiger partial charge in [0.15, 0.2) is 5.96 Å². The monoisotopic (exact) mass is 536 g/mol. The number of aliphatic imine (C=N–C) groups is 1. The SMILES string of the molecule is CN=C(NCCS(=O)(=O)NCC1CCC1)N1CCC(c2ccc(OC)cc2)C1.I. The Balaban J connectivity index is 0.00000300. The van der Waals surface area contributed by atoms with Crippen LogP contribution in [0.1, 0.15) is 37.2 Å². The normalized spacial score (nSPS) is 20.1. The molecule has 0 bridgehead atoms. The third-order valence-corrected chi connectivity index (χ3v) is 7.11. The molecule has 1 heterocycles. The second-order valence-electron chi connectivity index (χ2n) is 7.64. The van der Waals surface area contributed by atoms with E-state index >= 15 is 0 Å². The number of sulfonamides is 1. The molecule has 1 unspecified atom stereocenters. The average Bonchev–Trinajstić information content (AvgIpc) is 3.14. The Bertz CT molecular complexity index is 766. The highest BCUT2D eigenvalue weighted by molar-refractivity contribution is 14.0. The standard InChI is InChI=1S/C20H32N4O3S.HI/c1-21-20(22-11-13-28(25,26)23-14-16-4-3-5-16)24-12-10-18(15-24)17-6-8-19(27-2)9-7-17;/h6-9,16,18,23H,3-5,10-15H2,1-2H3,(H,21,22);1H. The molecule has 0 spiro atoms. The lowest BCUT2D eigenvalue weighted by Gasteiger charge is -2.25. The molecule has 3 rings (SSSR count). The fourth-order valence-corrected chi connectivity index (χ4v) is 4.75. The van der Waals surface area contributed by atoms with Crippen LogP contribution < -0.4 is 14.8 Å². The van der Waals surface area contributed by atoms with Crippen LogP contribution in [0.3, 0.4) is 0 Å². The Hall–Kier alpha value is -1.07. The van der Waals surface area contributed by atoms with Gasteiger partial charge in [-0.3, -0.25) is 4.99 Å². The van der Waals surface area contributed by atoms with Crippen LogP contribution in [0.25, 0.3) is 0 Å². The molecule has 1 atom stereocenters. The van der Waals surface area contributed by atoms with Crippen LogP contribution in [0, 0.1) is 5.92 Å². The van der Waals surface area contributed by atoms with Crippen molar-refractivity contribution in [1.82, 2.24) is 14.9 Å². The van der Waals surface area contributed by atoms with Gasteiger partial charge in [0.1, 0.15) is 5.75 Å². The Labute approximate surface area is 191 Å². The number of likely N-dealkylation sites (tertiary alicyclic amines) is 1. The van der Waals surface area contributed by atoms with Gasteiger partial charge < -0.3 is 15.0 Å². The molecular formula is C20H33IN4O3S. The third kappa shape index (κ3) is 6.99. The van der Waals surface area contributed by atoms with Gasteiger partial charge in [-0.05, 0) is 42.9 Å². The van der Waals surface area contributed by atoms with Crippen molar-refractivity contribution in [3.05, 3.63) is 29.8 Å². The zero-order valence-electron chi connectivity index (χ0n) is 17.3. The van der Waals surface area contributed by atoms with Crippen LogP contribution in [0.15, 0.2) is 29.3 Å². The zero-order chi connectivity index (χ0) is 20.0. The summed E-state index contributed by atoms with van der Waals surface area (Å²) in [6.07, 6.45) is 4.54. The number of ether oxygens (including phenoxy) is 1. The van der Waals surface area contributed by atoms with E-state index in [-0.39, 0.29) is 29.7 Å². The van der Waals surface area contributed by atoms with E-state index in [1.165, 1.54) is 12.0 Å². The first kappa shape index (κ1) is 24.2. The molecule has 0 radical (unpaired) electrons. The number of halogens is 1. The molecule has 7 nitrogen and oxygen atoms in total. The van der Waals surface area contributed by atoms with Crippen LogP contribution in [-0.4, -0.2) is 65.4 Å². The number of rotatable bonds is 8. The predicted molar refractivity (Wildman–Crippen MR) is 128 cm³/mol. The summed E-state index contributed by atoms with van der Waals surface area (Å²) in [7, 11) is 0.176. The number of methoxy groups -OCH3 is 1. The highest BCUT2D eigenvalue weighted by Gasteiger charge is 2.26. The smallest absolute Gasteiger partial charge is 0.213 e. The Kier molecular flexibility index (Phi) is 9.48. The minimum absolute atomic E-state index is 0. The van der Waals surface area contributed by atoms with E-state index in [1.807, 2.05) is 12.1 Å². The maximum Gasteiger partial charge on any atom is 0.213 e. The minimum atomic E-state index is -3.24. The van der Waals surface area contributed by atoms with Crippen molar-refractivity contribution < 1.29 is 13.2 Å². The van der Waals surface area contributed by atoms with Gasteiger partial charge in [-0.25, -0.2) is 13.1 Å². The van der Waals surface area contributed by atoms with Crippen molar-refractivity contribution in [2.75, 3.05) is 46.1 Å². The fourth-order valence-electron chi connectivity index (χ4n) is 3.74. The molecular weight excluding hydrogens is 503 g/mol. The van der Waals surface area contributed by atoms with Crippen LogP contribution >= 0.6 is 24.0 Å². The molecule has 1 saturated carbocycles. The van der Waals surface area contributed by atoms with Gasteiger partial charge in [-0.15, -0.1) is 24.0 Å². The lowest BCUT2D eigenvalue weighted by molar-refractivity contribution is 0.316. The molecule has 1 saturated heterocycles. The summed E-state index contributed by atoms with van der Waals surface area (Å²) in [6.45, 7) is 2.71. The van der Waals surface area contributed by atoms with Crippen LogP contribution in [0.4, 0.5) is 0 Å². The molecule has 1 aliphatic heterocycles. The summed E-state index contributed by atoms with van der Waals surface area (Å²) < 4.78 is 32.2. The number of benzene rings is 1. The van der Waals surface area contributed by atoms with E-state index in [0.717, 1.165) is 44.1 Å². The molecule has 0 aromatic heterocycles. The largest absolute Gasteiger partial charge is 0.497 e. The van der Waals surface area contributed by atoms with Gasteiger partial charge in [-0.1, -0.05) is 18.6 Å². The van der Waals surface area contributed by atoms with Crippen LogP contribution in [0.2, 0.25) is 0 Å². The van der Waals surface area contributed by atoms with Crippen molar-refractivity contribution >= 4 is 40.0 Å². The molecule has 0 amide bonds. The van der Waals surface area contributed by atoms with E-state index in [9.17, 15) is 8.42 Å². The molecule has 1 aromatic carbocycles. The molecule has 1 aliphatic carbocycles. The fraction of sp³-hybridized carbons (Fsp3) is 0.650. The number of hydrogen-bond donors (Lipinski definition) is 2. The van der Waals surface area contributed by atoms with Crippen LogP contribution in [0.5, 0.6) is 5.75 Å². The van der Waals surface area contributed by atoms with Gasteiger partial charge >= 0.3 is 0 Å². The molecule has 9 heteroatoms. The molecule has 29 heavy (non-hydrogen) atoms. The van der Waals surface area contributed by atoms with E-state index < -0.39 is 10.0 Å². The number of nitrogens with one attached hydrogen (secondary N) is 2.